The summed E-state index contributed by atoms with van der Waals surface area (Å²) in [6.07, 6.45) is -0.169. The molecule has 96 valence electrons. The maximum atomic E-state index is 11.0. The van der Waals surface area contributed by atoms with Crippen LogP contribution in [0.3, 0.4) is 0 Å². The van der Waals surface area contributed by atoms with E-state index in [0.717, 1.165) is 5.67 Å². The maximum absolute atomic E-state index is 11.0. The van der Waals surface area contributed by atoms with E-state index in [4.69, 9.17) is 4.74 Å². The highest BCUT2D eigenvalue weighted by atomic mass is 28.4. The standard InChI is InChI=1S/C12H22O3Si2/c1-7-17(8-2,9-3)11-16(5,6)10-15-12(13)14-4/h7-9H,1-3,10-11H2,4-6H3. The van der Waals surface area contributed by atoms with E-state index in [1.54, 1.807) is 0 Å². The molecule has 0 fully saturated rings. The lowest BCUT2D eigenvalue weighted by Crippen LogP contribution is -2.44. The van der Waals surface area contributed by atoms with Gasteiger partial charge in [0.15, 0.2) is 0 Å². The minimum atomic E-state index is -1.81. The average molecular weight is 270 g/mol. The first kappa shape index (κ1) is 15.9. The van der Waals surface area contributed by atoms with Crippen LogP contribution in [0.25, 0.3) is 0 Å². The van der Waals surface area contributed by atoms with Crippen LogP contribution in [-0.2, 0) is 9.47 Å². The summed E-state index contributed by atoms with van der Waals surface area (Å²) in [4.78, 5) is 11.0. The molecule has 0 aliphatic rings. The monoisotopic (exact) mass is 270 g/mol. The molecule has 5 heteroatoms. The second kappa shape index (κ2) is 6.61. The van der Waals surface area contributed by atoms with E-state index in [0.29, 0.717) is 6.23 Å². The topological polar surface area (TPSA) is 35.5 Å². The van der Waals surface area contributed by atoms with E-state index in [2.05, 4.69) is 37.6 Å². The minimum Gasteiger partial charge on any atom is -0.438 e. The van der Waals surface area contributed by atoms with Crippen LogP contribution in [0.1, 0.15) is 0 Å². The zero-order valence-electron chi connectivity index (χ0n) is 11.0. The van der Waals surface area contributed by atoms with Crippen molar-refractivity contribution in [2.75, 3.05) is 13.3 Å². The quantitative estimate of drug-likeness (QED) is 0.526. The largest absolute Gasteiger partial charge is 0.507 e. The summed E-state index contributed by atoms with van der Waals surface area (Å²) >= 11 is 0. The zero-order valence-corrected chi connectivity index (χ0v) is 13.0. The van der Waals surface area contributed by atoms with E-state index in [1.165, 1.54) is 7.11 Å². The summed E-state index contributed by atoms with van der Waals surface area (Å²) in [5.41, 5.74) is 6.91. The van der Waals surface area contributed by atoms with Crippen molar-refractivity contribution < 1.29 is 14.3 Å². The number of ether oxygens (including phenoxy) is 2. The molecule has 0 radical (unpaired) electrons. The van der Waals surface area contributed by atoms with Crippen molar-refractivity contribution >= 4 is 22.3 Å². The predicted molar refractivity (Wildman–Crippen MR) is 77.0 cm³/mol. The van der Waals surface area contributed by atoms with Crippen LogP contribution in [0.4, 0.5) is 4.79 Å². The Morgan fingerprint density at radius 2 is 1.65 bits per heavy atom. The van der Waals surface area contributed by atoms with E-state index in [-0.39, 0.29) is 0 Å². The Hall–Kier alpha value is -1.08. The van der Waals surface area contributed by atoms with E-state index < -0.39 is 22.3 Å². The molecule has 0 amide bonds. The Labute approximate surface area is 106 Å². The number of hydrogen-bond acceptors (Lipinski definition) is 3. The lowest BCUT2D eigenvalue weighted by molar-refractivity contribution is 0.0850. The summed E-state index contributed by atoms with van der Waals surface area (Å²) in [5.74, 6) is 0. The second-order valence-corrected chi connectivity index (χ2v) is 14.3. The molecule has 0 aliphatic carbocycles. The van der Waals surface area contributed by atoms with E-state index in [1.807, 2.05) is 17.1 Å². The highest BCUT2D eigenvalue weighted by Crippen LogP contribution is 2.23. The van der Waals surface area contributed by atoms with Gasteiger partial charge in [0.05, 0.1) is 21.4 Å². The molecule has 0 atom stereocenters. The van der Waals surface area contributed by atoms with Crippen LogP contribution in [0.2, 0.25) is 18.8 Å². The molecule has 0 rings (SSSR count). The van der Waals surface area contributed by atoms with Crippen molar-refractivity contribution in [3.63, 3.8) is 0 Å². The third kappa shape index (κ3) is 5.19. The van der Waals surface area contributed by atoms with Gasteiger partial charge in [-0.15, -0.1) is 19.7 Å². The Bertz CT molecular complexity index is 289. The molecule has 3 nitrogen and oxygen atoms in total. The van der Waals surface area contributed by atoms with Gasteiger partial charge in [-0.1, -0.05) is 30.2 Å². The molecule has 0 aromatic rings. The van der Waals surface area contributed by atoms with Crippen molar-refractivity contribution in [2.45, 2.75) is 18.8 Å². The molecule has 0 unspecified atom stereocenters. The smallest absolute Gasteiger partial charge is 0.438 e. The highest BCUT2D eigenvalue weighted by molar-refractivity contribution is 7.03. The van der Waals surface area contributed by atoms with Gasteiger partial charge in [-0.25, -0.2) is 4.79 Å². The first-order chi connectivity index (χ1) is 7.84. The van der Waals surface area contributed by atoms with Gasteiger partial charge >= 0.3 is 6.16 Å². The number of methoxy groups -OCH3 is 1. The average Bonchev–Trinajstić information content (AvgIpc) is 2.33. The van der Waals surface area contributed by atoms with Gasteiger partial charge in [0, 0.05) is 0 Å². The van der Waals surface area contributed by atoms with Crippen LogP contribution >= 0.6 is 0 Å². The molecule has 0 aromatic carbocycles. The van der Waals surface area contributed by atoms with Crippen LogP contribution in [0, 0.1) is 0 Å². The third-order valence-corrected chi connectivity index (χ3v) is 12.2. The molecule has 0 N–H and O–H groups in total. The van der Waals surface area contributed by atoms with Gasteiger partial charge in [-0.3, -0.25) is 0 Å². The fourth-order valence-corrected chi connectivity index (χ4v) is 11.4. The Morgan fingerprint density at radius 3 is 2.00 bits per heavy atom. The lowest BCUT2D eigenvalue weighted by Gasteiger charge is -2.30. The minimum absolute atomic E-state index is 0.448. The number of hydrogen-bond donors (Lipinski definition) is 0. The number of carbonyl (C=O) groups excluding carboxylic acids is 1. The maximum Gasteiger partial charge on any atom is 0.507 e. The van der Waals surface area contributed by atoms with Crippen molar-refractivity contribution in [3.8, 4) is 0 Å². The molecule has 0 aromatic heterocycles. The van der Waals surface area contributed by atoms with Crippen molar-refractivity contribution in [2.24, 2.45) is 0 Å². The molecule has 0 heterocycles. The fourth-order valence-electron chi connectivity index (χ4n) is 1.66. The lowest BCUT2D eigenvalue weighted by atomic mass is 11.2. The van der Waals surface area contributed by atoms with E-state index >= 15 is 0 Å². The molecule has 0 saturated heterocycles. The van der Waals surface area contributed by atoms with Gasteiger partial charge in [0.2, 0.25) is 0 Å². The number of carbonyl (C=O) groups is 1. The third-order valence-electron chi connectivity index (χ3n) is 2.67. The summed E-state index contributed by atoms with van der Waals surface area (Å²) in [6, 6.07) is 0. The summed E-state index contributed by atoms with van der Waals surface area (Å²) in [7, 11) is -2.16. The Kier molecular flexibility index (Phi) is 6.19. The van der Waals surface area contributed by atoms with Crippen LogP contribution in [0.15, 0.2) is 36.8 Å². The first-order valence-electron chi connectivity index (χ1n) is 5.46. The molecule has 17 heavy (non-hydrogen) atoms. The van der Waals surface area contributed by atoms with Crippen molar-refractivity contribution in [1.82, 2.24) is 0 Å². The summed E-state index contributed by atoms with van der Waals surface area (Å²) in [6.45, 7) is 16.0. The zero-order chi connectivity index (χ0) is 13.5. The fraction of sp³-hybridized carbons (Fsp3) is 0.417. The molecule has 0 spiro atoms. The van der Waals surface area contributed by atoms with Gasteiger partial charge in [0.25, 0.3) is 0 Å². The first-order valence-corrected chi connectivity index (χ1v) is 11.3. The van der Waals surface area contributed by atoms with Gasteiger partial charge in [-0.05, 0) is 5.67 Å². The Morgan fingerprint density at radius 1 is 1.18 bits per heavy atom. The highest BCUT2D eigenvalue weighted by Gasteiger charge is 2.34. The van der Waals surface area contributed by atoms with Crippen LogP contribution in [-0.4, -0.2) is 35.6 Å². The summed E-state index contributed by atoms with van der Waals surface area (Å²) in [5, 5.41) is 0. The predicted octanol–water partition coefficient (Wildman–Crippen LogP) is 3.18. The van der Waals surface area contributed by atoms with Crippen LogP contribution in [0.5, 0.6) is 0 Å². The number of rotatable bonds is 7. The van der Waals surface area contributed by atoms with Gasteiger partial charge in [-0.2, -0.15) is 0 Å². The molecular weight excluding hydrogens is 248 g/mol. The van der Waals surface area contributed by atoms with E-state index in [9.17, 15) is 4.79 Å². The van der Waals surface area contributed by atoms with Crippen molar-refractivity contribution in [3.05, 3.63) is 36.8 Å². The normalized spacial score (nSPS) is 11.5. The Balaban J connectivity index is 4.61. The second-order valence-electron chi connectivity index (χ2n) is 4.81. The molecule has 0 saturated carbocycles. The van der Waals surface area contributed by atoms with Crippen LogP contribution < -0.4 is 0 Å². The van der Waals surface area contributed by atoms with Gasteiger partial charge in [0.1, 0.15) is 8.07 Å². The molecule has 0 bridgehead atoms. The summed E-state index contributed by atoms with van der Waals surface area (Å²) < 4.78 is 9.52. The molecular formula is C12H22O3Si2. The van der Waals surface area contributed by atoms with Gasteiger partial charge < -0.3 is 9.47 Å². The van der Waals surface area contributed by atoms with Crippen molar-refractivity contribution in [1.29, 1.82) is 0 Å². The molecule has 0 aliphatic heterocycles. The SMILES string of the molecule is C=C[Si](C=C)(C=C)C[Si](C)(C)COC(=O)OC.